The number of benzene rings is 1. The number of carbonyl (C=O) groups is 1. The van der Waals surface area contributed by atoms with Crippen LogP contribution in [-0.2, 0) is 26.7 Å². The minimum Gasteiger partial charge on any atom is -0.462 e. The number of hydrogen-bond acceptors (Lipinski definition) is 7. The standard InChI is InChI=1S/C21H29N3O4S2/c1-5-28-19(25)16-6-8-18(9-7-16)30(26,27)24-12-10-23(11-13-24)14-17-15-29-20(22-17)21(2,3)4/h6-9,15H,5,10-14H2,1-4H3. The fraction of sp³-hybridized carbons (Fsp3) is 0.524. The third kappa shape index (κ3) is 5.26. The number of rotatable bonds is 6. The Morgan fingerprint density at radius 1 is 1.13 bits per heavy atom. The molecule has 0 aliphatic carbocycles. The van der Waals surface area contributed by atoms with Gasteiger partial charge in [-0.1, -0.05) is 20.8 Å². The van der Waals surface area contributed by atoms with Gasteiger partial charge in [0.15, 0.2) is 0 Å². The minimum absolute atomic E-state index is 0.0402. The van der Waals surface area contributed by atoms with E-state index in [1.807, 2.05) is 0 Å². The minimum atomic E-state index is -3.59. The Morgan fingerprint density at radius 2 is 1.77 bits per heavy atom. The number of carbonyl (C=O) groups excluding carboxylic acids is 1. The summed E-state index contributed by atoms with van der Waals surface area (Å²) in [6.45, 7) is 11.4. The summed E-state index contributed by atoms with van der Waals surface area (Å²) in [5.41, 5.74) is 1.42. The second-order valence-corrected chi connectivity index (χ2v) is 11.1. The summed E-state index contributed by atoms with van der Waals surface area (Å²) >= 11 is 1.68. The van der Waals surface area contributed by atoms with Gasteiger partial charge in [-0.15, -0.1) is 11.3 Å². The first kappa shape index (κ1) is 22.9. The van der Waals surface area contributed by atoms with E-state index in [-0.39, 0.29) is 16.9 Å². The molecule has 30 heavy (non-hydrogen) atoms. The largest absolute Gasteiger partial charge is 0.462 e. The molecule has 2 heterocycles. The maximum absolute atomic E-state index is 13.0. The lowest BCUT2D eigenvalue weighted by Gasteiger charge is -2.33. The predicted molar refractivity (Wildman–Crippen MR) is 117 cm³/mol. The van der Waals surface area contributed by atoms with Crippen molar-refractivity contribution in [1.82, 2.24) is 14.2 Å². The molecule has 0 spiro atoms. The summed E-state index contributed by atoms with van der Waals surface area (Å²) in [4.78, 5) is 18.9. The fourth-order valence-corrected chi connectivity index (χ4v) is 5.53. The van der Waals surface area contributed by atoms with Gasteiger partial charge in [-0.3, -0.25) is 4.90 Å². The fourth-order valence-electron chi connectivity index (χ4n) is 3.21. The number of thiazole rings is 1. The Labute approximate surface area is 182 Å². The highest BCUT2D eigenvalue weighted by Gasteiger charge is 2.29. The van der Waals surface area contributed by atoms with Gasteiger partial charge in [0.25, 0.3) is 0 Å². The molecule has 7 nitrogen and oxygen atoms in total. The van der Waals surface area contributed by atoms with Gasteiger partial charge >= 0.3 is 5.97 Å². The van der Waals surface area contributed by atoms with Crippen molar-refractivity contribution in [1.29, 1.82) is 0 Å². The first-order valence-electron chi connectivity index (χ1n) is 10.1. The lowest BCUT2D eigenvalue weighted by Crippen LogP contribution is -2.48. The monoisotopic (exact) mass is 451 g/mol. The molecule has 3 rings (SSSR count). The smallest absolute Gasteiger partial charge is 0.338 e. The maximum atomic E-state index is 13.0. The second kappa shape index (κ2) is 9.13. The molecule has 9 heteroatoms. The highest BCUT2D eigenvalue weighted by Crippen LogP contribution is 2.26. The van der Waals surface area contributed by atoms with E-state index in [0.29, 0.717) is 31.7 Å². The van der Waals surface area contributed by atoms with Crippen molar-refractivity contribution in [2.75, 3.05) is 32.8 Å². The van der Waals surface area contributed by atoms with E-state index in [9.17, 15) is 13.2 Å². The number of hydrogen-bond donors (Lipinski definition) is 0. The molecule has 0 radical (unpaired) electrons. The summed E-state index contributed by atoms with van der Waals surface area (Å²) in [6, 6.07) is 5.93. The van der Waals surface area contributed by atoms with Crippen LogP contribution < -0.4 is 0 Å². The van der Waals surface area contributed by atoms with Crippen LogP contribution >= 0.6 is 11.3 Å². The highest BCUT2D eigenvalue weighted by atomic mass is 32.2. The Kier molecular flexibility index (Phi) is 6.96. The molecular weight excluding hydrogens is 422 g/mol. The molecule has 1 saturated heterocycles. The third-order valence-corrected chi connectivity index (χ3v) is 8.14. The molecule has 1 aromatic carbocycles. The Morgan fingerprint density at radius 3 is 2.30 bits per heavy atom. The van der Waals surface area contributed by atoms with Crippen molar-refractivity contribution in [2.45, 2.75) is 44.6 Å². The van der Waals surface area contributed by atoms with E-state index in [4.69, 9.17) is 9.72 Å². The topological polar surface area (TPSA) is 79.8 Å². The summed E-state index contributed by atoms with van der Waals surface area (Å²) in [5.74, 6) is -0.452. The van der Waals surface area contributed by atoms with Crippen molar-refractivity contribution >= 4 is 27.3 Å². The highest BCUT2D eigenvalue weighted by molar-refractivity contribution is 7.89. The molecule has 1 aromatic heterocycles. The van der Waals surface area contributed by atoms with Crippen LogP contribution in [0, 0.1) is 0 Å². The maximum Gasteiger partial charge on any atom is 0.338 e. The van der Waals surface area contributed by atoms with Crippen LogP contribution in [0.5, 0.6) is 0 Å². The quantitative estimate of drug-likeness (QED) is 0.628. The van der Waals surface area contributed by atoms with Crippen molar-refractivity contribution in [3.05, 3.63) is 45.9 Å². The summed E-state index contributed by atoms with van der Waals surface area (Å²) in [6.07, 6.45) is 0. The molecule has 0 N–H and O–H groups in total. The average molecular weight is 452 g/mol. The molecule has 0 atom stereocenters. The van der Waals surface area contributed by atoms with Crippen molar-refractivity contribution in [3.8, 4) is 0 Å². The first-order valence-corrected chi connectivity index (χ1v) is 12.4. The van der Waals surface area contributed by atoms with Gasteiger partial charge in [-0.2, -0.15) is 4.31 Å². The molecule has 0 saturated carbocycles. The molecule has 1 fully saturated rings. The molecule has 0 amide bonds. The van der Waals surface area contributed by atoms with Crippen LogP contribution in [-0.4, -0.2) is 61.4 Å². The number of piperazine rings is 1. The van der Waals surface area contributed by atoms with E-state index in [0.717, 1.165) is 17.2 Å². The first-order chi connectivity index (χ1) is 14.1. The second-order valence-electron chi connectivity index (χ2n) is 8.32. The van der Waals surface area contributed by atoms with Crippen LogP contribution in [0.2, 0.25) is 0 Å². The molecule has 164 valence electrons. The van der Waals surface area contributed by atoms with Crippen molar-refractivity contribution in [3.63, 3.8) is 0 Å². The lowest BCUT2D eigenvalue weighted by atomic mass is 9.98. The number of sulfonamides is 1. The molecule has 1 aliphatic heterocycles. The Bertz CT molecular complexity index is 970. The summed E-state index contributed by atoms with van der Waals surface area (Å²) in [5, 5.41) is 3.21. The summed E-state index contributed by atoms with van der Waals surface area (Å²) < 4.78 is 32.4. The molecule has 0 bridgehead atoms. The Balaban J connectivity index is 1.59. The van der Waals surface area contributed by atoms with Gasteiger partial charge < -0.3 is 4.74 Å². The molecule has 2 aromatic rings. The number of nitrogens with zero attached hydrogens (tertiary/aromatic N) is 3. The van der Waals surface area contributed by atoms with Crippen LogP contribution in [0.25, 0.3) is 0 Å². The summed E-state index contributed by atoms with van der Waals surface area (Å²) in [7, 11) is -3.59. The van der Waals surface area contributed by atoms with Gasteiger partial charge in [0.2, 0.25) is 10.0 Å². The van der Waals surface area contributed by atoms with Gasteiger partial charge in [0.05, 0.1) is 27.8 Å². The van der Waals surface area contributed by atoms with Gasteiger partial charge in [0.1, 0.15) is 0 Å². The van der Waals surface area contributed by atoms with E-state index in [1.54, 1.807) is 18.3 Å². The zero-order valence-electron chi connectivity index (χ0n) is 17.9. The van der Waals surface area contributed by atoms with Crippen LogP contribution in [0.3, 0.4) is 0 Å². The van der Waals surface area contributed by atoms with E-state index < -0.39 is 16.0 Å². The van der Waals surface area contributed by atoms with Crippen LogP contribution in [0.4, 0.5) is 0 Å². The third-order valence-electron chi connectivity index (χ3n) is 4.91. The molecular formula is C21H29N3O4S2. The molecule has 1 aliphatic rings. The van der Waals surface area contributed by atoms with Crippen molar-refractivity contribution in [2.24, 2.45) is 0 Å². The van der Waals surface area contributed by atoms with Gasteiger partial charge in [-0.25, -0.2) is 18.2 Å². The van der Waals surface area contributed by atoms with E-state index in [1.165, 1.54) is 28.6 Å². The number of esters is 1. The number of ether oxygens (including phenoxy) is 1. The normalized spacial score (nSPS) is 16.5. The average Bonchev–Trinajstić information content (AvgIpc) is 3.18. The zero-order valence-corrected chi connectivity index (χ0v) is 19.6. The SMILES string of the molecule is CCOC(=O)c1ccc(S(=O)(=O)N2CCN(Cc3csc(C(C)(C)C)n3)CC2)cc1. The Hall–Kier alpha value is -1.81. The predicted octanol–water partition coefficient (Wildman–Crippen LogP) is 3.12. The lowest BCUT2D eigenvalue weighted by molar-refractivity contribution is 0.0526. The van der Waals surface area contributed by atoms with Gasteiger partial charge in [-0.05, 0) is 31.2 Å². The van der Waals surface area contributed by atoms with Crippen LogP contribution in [0.1, 0.15) is 48.8 Å². The van der Waals surface area contributed by atoms with Crippen molar-refractivity contribution < 1.29 is 17.9 Å². The molecule has 0 unspecified atom stereocenters. The number of aromatic nitrogens is 1. The van der Waals surface area contributed by atoms with E-state index in [2.05, 4.69) is 31.1 Å². The van der Waals surface area contributed by atoms with Crippen LogP contribution in [0.15, 0.2) is 34.5 Å². The van der Waals surface area contributed by atoms with Gasteiger partial charge in [0, 0.05) is 43.5 Å². The zero-order chi connectivity index (χ0) is 21.9. The van der Waals surface area contributed by atoms with E-state index >= 15 is 0 Å².